The summed E-state index contributed by atoms with van der Waals surface area (Å²) in [7, 11) is 0. The lowest BCUT2D eigenvalue weighted by Crippen LogP contribution is -2.36. The molecule has 0 radical (unpaired) electrons. The van der Waals surface area contributed by atoms with Gasteiger partial charge in [-0.3, -0.25) is 0 Å². The number of ether oxygens (including phenoxy) is 1. The lowest BCUT2D eigenvalue weighted by molar-refractivity contribution is 0.122. The lowest BCUT2D eigenvalue weighted by Gasteiger charge is -2.28. The molecule has 0 spiro atoms. The minimum absolute atomic E-state index is 0.849. The van der Waals surface area contributed by atoms with E-state index in [9.17, 15) is 0 Å². The lowest BCUT2D eigenvalue weighted by atomic mass is 10.2. The first-order valence-corrected chi connectivity index (χ1v) is 6.58. The zero-order chi connectivity index (χ0) is 11.5. The first-order chi connectivity index (χ1) is 8.42. The molecule has 1 aromatic rings. The number of nitrogens with zero attached hydrogens (tertiary/aromatic N) is 1. The molecular weight excluding hydrogens is 212 g/mol. The van der Waals surface area contributed by atoms with E-state index in [0.717, 1.165) is 38.8 Å². The van der Waals surface area contributed by atoms with Crippen molar-refractivity contribution in [3.05, 3.63) is 24.3 Å². The van der Waals surface area contributed by atoms with Crippen LogP contribution in [0.4, 0.5) is 11.4 Å². The average molecular weight is 232 g/mol. The Balaban J connectivity index is 1.58. The van der Waals surface area contributed by atoms with Gasteiger partial charge in [-0.1, -0.05) is 0 Å². The number of morpholine rings is 1. The predicted octanol–water partition coefficient (Wildman–Crippen LogP) is 2.35. The van der Waals surface area contributed by atoms with E-state index >= 15 is 0 Å². The van der Waals surface area contributed by atoms with Crippen molar-refractivity contribution >= 4 is 11.4 Å². The number of hydrogen-bond donors (Lipinski definition) is 1. The Morgan fingerprint density at radius 2 is 1.82 bits per heavy atom. The topological polar surface area (TPSA) is 24.5 Å². The van der Waals surface area contributed by atoms with Crippen molar-refractivity contribution in [2.75, 3.05) is 43.1 Å². The van der Waals surface area contributed by atoms with Gasteiger partial charge in [0.05, 0.1) is 13.2 Å². The van der Waals surface area contributed by atoms with Crippen molar-refractivity contribution in [3.63, 3.8) is 0 Å². The number of hydrogen-bond acceptors (Lipinski definition) is 3. The maximum atomic E-state index is 5.36. The molecule has 0 atom stereocenters. The monoisotopic (exact) mass is 232 g/mol. The van der Waals surface area contributed by atoms with E-state index in [1.807, 2.05) is 0 Å². The van der Waals surface area contributed by atoms with Crippen molar-refractivity contribution in [3.8, 4) is 0 Å². The van der Waals surface area contributed by atoms with Gasteiger partial charge >= 0.3 is 0 Å². The van der Waals surface area contributed by atoms with Crippen LogP contribution < -0.4 is 10.2 Å². The van der Waals surface area contributed by atoms with Crippen molar-refractivity contribution in [2.24, 2.45) is 5.92 Å². The third kappa shape index (κ3) is 2.91. The summed E-state index contributed by atoms with van der Waals surface area (Å²) in [5.74, 6) is 0.925. The van der Waals surface area contributed by atoms with E-state index in [1.54, 1.807) is 0 Å². The average Bonchev–Trinajstić information content (AvgIpc) is 3.22. The van der Waals surface area contributed by atoms with Crippen LogP contribution in [-0.4, -0.2) is 32.8 Å². The Labute approximate surface area is 103 Å². The Morgan fingerprint density at radius 3 is 2.47 bits per heavy atom. The second kappa shape index (κ2) is 4.96. The molecule has 17 heavy (non-hydrogen) atoms. The summed E-state index contributed by atoms with van der Waals surface area (Å²) in [5.41, 5.74) is 2.55. The van der Waals surface area contributed by atoms with E-state index in [4.69, 9.17) is 4.74 Å². The molecular formula is C14H20N2O. The summed E-state index contributed by atoms with van der Waals surface area (Å²) in [4.78, 5) is 2.38. The largest absolute Gasteiger partial charge is 0.385 e. The van der Waals surface area contributed by atoms with Crippen LogP contribution in [0.2, 0.25) is 0 Å². The summed E-state index contributed by atoms with van der Waals surface area (Å²) < 4.78 is 5.36. The molecule has 2 aliphatic rings. The van der Waals surface area contributed by atoms with Crippen molar-refractivity contribution in [2.45, 2.75) is 12.8 Å². The molecule has 3 rings (SSSR count). The number of nitrogens with one attached hydrogen (secondary N) is 1. The second-order valence-electron chi connectivity index (χ2n) is 4.97. The Hall–Kier alpha value is -1.22. The highest BCUT2D eigenvalue weighted by atomic mass is 16.5. The molecule has 0 aromatic heterocycles. The van der Waals surface area contributed by atoms with E-state index in [2.05, 4.69) is 34.5 Å². The standard InChI is InChI=1S/C14H20N2O/c1-2-12(1)11-15-13-3-5-14(6-4-13)16-7-9-17-10-8-16/h3-6,12,15H,1-2,7-11H2. The van der Waals surface area contributed by atoms with Crippen LogP contribution in [0, 0.1) is 5.92 Å². The molecule has 1 aliphatic carbocycles. The third-order valence-corrected chi connectivity index (χ3v) is 3.54. The SMILES string of the molecule is c1cc(N2CCOCC2)ccc1NCC1CC1. The van der Waals surface area contributed by atoms with Gasteiger partial charge < -0.3 is 15.0 Å². The van der Waals surface area contributed by atoms with Crippen LogP contribution in [0.15, 0.2) is 24.3 Å². The van der Waals surface area contributed by atoms with Gasteiger partial charge in [0.25, 0.3) is 0 Å². The van der Waals surface area contributed by atoms with Gasteiger partial charge in [-0.05, 0) is 43.0 Å². The van der Waals surface area contributed by atoms with Gasteiger partial charge in [-0.15, -0.1) is 0 Å². The maximum absolute atomic E-state index is 5.36. The summed E-state index contributed by atoms with van der Waals surface area (Å²) in [6.45, 7) is 4.85. The fourth-order valence-corrected chi connectivity index (χ4v) is 2.20. The van der Waals surface area contributed by atoms with Gasteiger partial charge in [0.1, 0.15) is 0 Å². The maximum Gasteiger partial charge on any atom is 0.0642 e. The summed E-state index contributed by atoms with van der Waals surface area (Å²) in [5, 5.41) is 3.49. The van der Waals surface area contributed by atoms with Crippen LogP contribution in [0.25, 0.3) is 0 Å². The van der Waals surface area contributed by atoms with Crippen molar-refractivity contribution < 1.29 is 4.74 Å². The molecule has 1 N–H and O–H groups in total. The molecule has 3 nitrogen and oxygen atoms in total. The van der Waals surface area contributed by atoms with E-state index in [0.29, 0.717) is 0 Å². The molecule has 1 aliphatic heterocycles. The van der Waals surface area contributed by atoms with Gasteiger partial charge in [0.15, 0.2) is 0 Å². The van der Waals surface area contributed by atoms with E-state index in [-0.39, 0.29) is 0 Å². The van der Waals surface area contributed by atoms with Gasteiger partial charge in [-0.2, -0.15) is 0 Å². The predicted molar refractivity (Wildman–Crippen MR) is 70.7 cm³/mol. The normalized spacial score (nSPS) is 20.4. The van der Waals surface area contributed by atoms with Crippen LogP contribution in [0.5, 0.6) is 0 Å². The Bertz CT molecular complexity index is 353. The summed E-state index contributed by atoms with van der Waals surface area (Å²) in [6.07, 6.45) is 2.80. The number of rotatable bonds is 4. The minimum Gasteiger partial charge on any atom is -0.385 e. The molecule has 1 saturated carbocycles. The molecule has 1 saturated heterocycles. The highest BCUT2D eigenvalue weighted by Gasteiger charge is 2.20. The molecule has 0 amide bonds. The quantitative estimate of drug-likeness (QED) is 0.862. The number of benzene rings is 1. The third-order valence-electron chi connectivity index (χ3n) is 3.54. The molecule has 3 heteroatoms. The highest BCUT2D eigenvalue weighted by Crippen LogP contribution is 2.29. The molecule has 0 unspecified atom stereocenters. The molecule has 1 aromatic carbocycles. The van der Waals surface area contributed by atoms with Crippen LogP contribution in [-0.2, 0) is 4.74 Å². The van der Waals surface area contributed by atoms with Crippen LogP contribution in [0.3, 0.4) is 0 Å². The van der Waals surface area contributed by atoms with Gasteiger partial charge in [0, 0.05) is 31.0 Å². The Morgan fingerprint density at radius 1 is 1.12 bits per heavy atom. The second-order valence-corrected chi connectivity index (χ2v) is 4.97. The van der Waals surface area contributed by atoms with Crippen molar-refractivity contribution in [1.29, 1.82) is 0 Å². The minimum atomic E-state index is 0.849. The smallest absolute Gasteiger partial charge is 0.0642 e. The van der Waals surface area contributed by atoms with Crippen LogP contribution in [0.1, 0.15) is 12.8 Å². The van der Waals surface area contributed by atoms with Gasteiger partial charge in [0.2, 0.25) is 0 Å². The first kappa shape index (κ1) is 10.9. The van der Waals surface area contributed by atoms with Crippen LogP contribution >= 0.6 is 0 Å². The molecule has 2 fully saturated rings. The fraction of sp³-hybridized carbons (Fsp3) is 0.571. The Kier molecular flexibility index (Phi) is 3.18. The highest BCUT2D eigenvalue weighted by molar-refractivity contribution is 5.55. The molecule has 0 bridgehead atoms. The van der Waals surface area contributed by atoms with Gasteiger partial charge in [-0.25, -0.2) is 0 Å². The van der Waals surface area contributed by atoms with E-state index in [1.165, 1.54) is 24.2 Å². The molecule has 92 valence electrons. The summed E-state index contributed by atoms with van der Waals surface area (Å²) >= 11 is 0. The number of anilines is 2. The zero-order valence-electron chi connectivity index (χ0n) is 10.2. The zero-order valence-corrected chi connectivity index (χ0v) is 10.2. The summed E-state index contributed by atoms with van der Waals surface area (Å²) in [6, 6.07) is 8.79. The first-order valence-electron chi connectivity index (χ1n) is 6.58. The van der Waals surface area contributed by atoms with E-state index < -0.39 is 0 Å². The molecule has 1 heterocycles. The van der Waals surface area contributed by atoms with Crippen molar-refractivity contribution in [1.82, 2.24) is 0 Å². The fourth-order valence-electron chi connectivity index (χ4n) is 2.20.